The highest BCUT2D eigenvalue weighted by Gasteiger charge is 2.09. The Morgan fingerprint density at radius 1 is 1.08 bits per heavy atom. The van der Waals surface area contributed by atoms with Gasteiger partial charge in [-0.1, -0.05) is 23.7 Å². The molecule has 0 spiro atoms. The smallest absolute Gasteiger partial charge is 0.258 e. The Kier molecular flexibility index (Phi) is 7.48. The average molecular weight is 440 g/mol. The third-order valence-corrected chi connectivity index (χ3v) is 4.92. The number of benzene rings is 2. The fraction of sp³-hybridized carbons (Fsp3) is 0.263. The van der Waals surface area contributed by atoms with Gasteiger partial charge in [0.05, 0.1) is 5.56 Å². The van der Waals surface area contributed by atoms with Gasteiger partial charge in [-0.05, 0) is 65.2 Å². The number of hydrogen-bond donors (Lipinski definition) is 2. The van der Waals surface area contributed by atoms with Crippen molar-refractivity contribution in [2.24, 2.45) is 0 Å². The molecule has 0 heterocycles. The first-order chi connectivity index (χ1) is 12.4. The highest BCUT2D eigenvalue weighted by Crippen LogP contribution is 2.25. The summed E-state index contributed by atoms with van der Waals surface area (Å²) in [7, 11) is 0. The van der Waals surface area contributed by atoms with E-state index in [9.17, 15) is 9.59 Å². The molecule has 26 heavy (non-hydrogen) atoms. The Balaban J connectivity index is 1.71. The molecule has 0 aliphatic rings. The summed E-state index contributed by atoms with van der Waals surface area (Å²) in [5.41, 5.74) is 2.35. The summed E-state index contributed by atoms with van der Waals surface area (Å²) in [5.74, 6) is 0.141. The normalized spacial score (nSPS) is 10.3. The number of ether oxygens (including phenoxy) is 1. The van der Waals surface area contributed by atoms with Crippen LogP contribution in [-0.2, 0) is 4.79 Å². The van der Waals surface area contributed by atoms with Crippen molar-refractivity contribution >= 4 is 39.3 Å². The van der Waals surface area contributed by atoms with E-state index in [2.05, 4.69) is 26.6 Å². The zero-order valence-corrected chi connectivity index (χ0v) is 16.9. The molecule has 5 nitrogen and oxygen atoms in total. The van der Waals surface area contributed by atoms with Crippen LogP contribution in [0.3, 0.4) is 0 Å². The molecule has 0 radical (unpaired) electrons. The molecule has 0 aliphatic carbocycles. The molecule has 2 rings (SSSR count). The minimum Gasteiger partial charge on any atom is -0.484 e. The molecule has 0 saturated heterocycles. The van der Waals surface area contributed by atoms with Crippen molar-refractivity contribution in [2.75, 3.05) is 19.7 Å². The van der Waals surface area contributed by atoms with Crippen LogP contribution in [0, 0.1) is 13.8 Å². The highest BCUT2D eigenvalue weighted by atomic mass is 79.9. The van der Waals surface area contributed by atoms with Gasteiger partial charge >= 0.3 is 0 Å². The summed E-state index contributed by atoms with van der Waals surface area (Å²) in [4.78, 5) is 23.9. The van der Waals surface area contributed by atoms with E-state index in [1.54, 1.807) is 30.3 Å². The lowest BCUT2D eigenvalue weighted by Gasteiger charge is -2.11. The maximum atomic E-state index is 12.0. The summed E-state index contributed by atoms with van der Waals surface area (Å²) in [6, 6.07) is 10.7. The molecule has 0 aromatic heterocycles. The van der Waals surface area contributed by atoms with Crippen LogP contribution in [0.5, 0.6) is 5.75 Å². The zero-order valence-electron chi connectivity index (χ0n) is 14.6. The lowest BCUT2D eigenvalue weighted by Crippen LogP contribution is -2.36. The van der Waals surface area contributed by atoms with Crippen molar-refractivity contribution in [1.29, 1.82) is 0 Å². The molecule has 0 atom stereocenters. The summed E-state index contributed by atoms with van der Waals surface area (Å²) in [6.45, 7) is 4.31. The van der Waals surface area contributed by atoms with Crippen molar-refractivity contribution in [1.82, 2.24) is 10.6 Å². The Bertz CT molecular complexity index is 788. The number of carbonyl (C=O) groups excluding carboxylic acids is 2. The third-order valence-electron chi connectivity index (χ3n) is 3.63. The first kappa shape index (κ1) is 20.3. The molecule has 0 aliphatic heterocycles. The fourth-order valence-electron chi connectivity index (χ4n) is 2.31. The van der Waals surface area contributed by atoms with Gasteiger partial charge in [0, 0.05) is 22.6 Å². The van der Waals surface area contributed by atoms with Gasteiger partial charge in [-0.3, -0.25) is 9.59 Å². The van der Waals surface area contributed by atoms with Crippen LogP contribution in [0.2, 0.25) is 5.02 Å². The second-order valence-corrected chi connectivity index (χ2v) is 6.98. The number of hydrogen-bond acceptors (Lipinski definition) is 3. The number of rotatable bonds is 7. The van der Waals surface area contributed by atoms with Gasteiger partial charge in [0.25, 0.3) is 11.8 Å². The van der Waals surface area contributed by atoms with E-state index in [-0.39, 0.29) is 18.4 Å². The standard InChI is InChI=1S/C19H20BrClN2O3/c1-12-9-14(10-13(2)18(12)21)26-11-17(24)22-7-8-23-19(25)15-5-3-4-6-16(15)20/h3-6,9-10H,7-8,11H2,1-2H3,(H,22,24)(H,23,25). The van der Waals surface area contributed by atoms with Gasteiger partial charge in [-0.2, -0.15) is 0 Å². The summed E-state index contributed by atoms with van der Waals surface area (Å²) < 4.78 is 6.21. The summed E-state index contributed by atoms with van der Waals surface area (Å²) >= 11 is 9.44. The highest BCUT2D eigenvalue weighted by molar-refractivity contribution is 9.10. The van der Waals surface area contributed by atoms with Crippen molar-refractivity contribution in [2.45, 2.75) is 13.8 Å². The lowest BCUT2D eigenvalue weighted by molar-refractivity contribution is -0.123. The Labute approximate surface area is 166 Å². The molecule has 2 aromatic carbocycles. The van der Waals surface area contributed by atoms with E-state index in [0.29, 0.717) is 29.4 Å². The van der Waals surface area contributed by atoms with Crippen LogP contribution in [0.15, 0.2) is 40.9 Å². The summed E-state index contributed by atoms with van der Waals surface area (Å²) in [5, 5.41) is 6.15. The van der Waals surface area contributed by atoms with Gasteiger partial charge < -0.3 is 15.4 Å². The van der Waals surface area contributed by atoms with E-state index >= 15 is 0 Å². The van der Waals surface area contributed by atoms with Gasteiger partial charge in [0.15, 0.2) is 6.61 Å². The van der Waals surface area contributed by atoms with Gasteiger partial charge in [0.1, 0.15) is 5.75 Å². The maximum Gasteiger partial charge on any atom is 0.258 e. The zero-order chi connectivity index (χ0) is 19.1. The Hall–Kier alpha value is -2.05. The number of halogens is 2. The van der Waals surface area contributed by atoms with Gasteiger partial charge in [-0.15, -0.1) is 0 Å². The third kappa shape index (κ3) is 5.75. The maximum absolute atomic E-state index is 12.0. The summed E-state index contributed by atoms with van der Waals surface area (Å²) in [6.07, 6.45) is 0. The Morgan fingerprint density at radius 2 is 1.69 bits per heavy atom. The van der Waals surface area contributed by atoms with Crippen molar-refractivity contribution in [3.8, 4) is 5.75 Å². The van der Waals surface area contributed by atoms with Crippen LogP contribution in [0.25, 0.3) is 0 Å². The topological polar surface area (TPSA) is 67.4 Å². The van der Waals surface area contributed by atoms with E-state index in [1.165, 1.54) is 0 Å². The lowest BCUT2D eigenvalue weighted by atomic mass is 10.1. The van der Waals surface area contributed by atoms with Gasteiger partial charge in [0.2, 0.25) is 0 Å². The van der Waals surface area contributed by atoms with Crippen LogP contribution in [0.1, 0.15) is 21.5 Å². The molecule has 2 aromatic rings. The number of aryl methyl sites for hydroxylation is 2. The monoisotopic (exact) mass is 438 g/mol. The van der Waals surface area contributed by atoms with E-state index in [0.717, 1.165) is 15.6 Å². The van der Waals surface area contributed by atoms with Crippen LogP contribution in [-0.4, -0.2) is 31.5 Å². The van der Waals surface area contributed by atoms with E-state index < -0.39 is 0 Å². The number of nitrogens with one attached hydrogen (secondary N) is 2. The molecule has 2 N–H and O–H groups in total. The minimum absolute atomic E-state index is 0.0985. The quantitative estimate of drug-likeness (QED) is 0.647. The molecule has 0 unspecified atom stereocenters. The second-order valence-electron chi connectivity index (χ2n) is 5.75. The Morgan fingerprint density at radius 3 is 2.35 bits per heavy atom. The average Bonchev–Trinajstić information content (AvgIpc) is 2.61. The molecule has 138 valence electrons. The van der Waals surface area contributed by atoms with Crippen molar-refractivity contribution < 1.29 is 14.3 Å². The van der Waals surface area contributed by atoms with Gasteiger partial charge in [-0.25, -0.2) is 0 Å². The predicted molar refractivity (Wildman–Crippen MR) is 106 cm³/mol. The first-order valence-electron chi connectivity index (χ1n) is 8.07. The second kappa shape index (κ2) is 9.59. The van der Waals surface area contributed by atoms with Crippen LogP contribution >= 0.6 is 27.5 Å². The van der Waals surface area contributed by atoms with Crippen molar-refractivity contribution in [3.63, 3.8) is 0 Å². The molecule has 7 heteroatoms. The predicted octanol–water partition coefficient (Wildman–Crippen LogP) is 3.64. The minimum atomic E-state index is -0.259. The molecular formula is C19H20BrClN2O3. The largest absolute Gasteiger partial charge is 0.484 e. The van der Waals surface area contributed by atoms with Crippen molar-refractivity contribution in [3.05, 3.63) is 62.6 Å². The van der Waals surface area contributed by atoms with Crippen LogP contribution in [0.4, 0.5) is 0 Å². The SMILES string of the molecule is Cc1cc(OCC(=O)NCCNC(=O)c2ccccc2Br)cc(C)c1Cl. The molecule has 2 amide bonds. The molecule has 0 saturated carbocycles. The number of carbonyl (C=O) groups is 2. The number of amides is 2. The van der Waals surface area contributed by atoms with Crippen LogP contribution < -0.4 is 15.4 Å². The molecule has 0 fully saturated rings. The van der Waals surface area contributed by atoms with E-state index in [1.807, 2.05) is 19.9 Å². The van der Waals surface area contributed by atoms with E-state index in [4.69, 9.17) is 16.3 Å². The molecule has 0 bridgehead atoms. The first-order valence-corrected chi connectivity index (χ1v) is 9.24. The molecular weight excluding hydrogens is 420 g/mol. The fourth-order valence-corrected chi connectivity index (χ4v) is 2.88.